The van der Waals surface area contributed by atoms with Gasteiger partial charge in [0, 0.05) is 38.5 Å². The first-order valence-corrected chi connectivity index (χ1v) is 7.89. The fourth-order valence-corrected chi connectivity index (χ4v) is 2.76. The van der Waals surface area contributed by atoms with E-state index in [9.17, 15) is 0 Å². The smallest absolute Gasteiger partial charge is 0.0615 e. The van der Waals surface area contributed by atoms with Crippen LogP contribution in [0.25, 0.3) is 0 Å². The van der Waals surface area contributed by atoms with Crippen molar-refractivity contribution in [1.82, 2.24) is 5.32 Å². The molecule has 1 aromatic carbocycles. The molecule has 0 radical (unpaired) electrons. The largest absolute Gasteiger partial charge is 0.383 e. The van der Waals surface area contributed by atoms with Gasteiger partial charge in [0.1, 0.15) is 0 Å². The molecular weight excluding hydrogens is 248 g/mol. The first-order valence-electron chi connectivity index (χ1n) is 7.89. The number of hydrogen-bond acceptors (Lipinski definition) is 3. The van der Waals surface area contributed by atoms with Gasteiger partial charge in [0.15, 0.2) is 0 Å². The van der Waals surface area contributed by atoms with E-state index in [4.69, 9.17) is 4.74 Å². The highest BCUT2D eigenvalue weighted by Gasteiger charge is 2.10. The zero-order chi connectivity index (χ0) is 14.2. The fraction of sp³-hybridized carbons (Fsp3) is 0.647. The molecule has 0 aromatic heterocycles. The Morgan fingerprint density at radius 3 is 2.45 bits per heavy atom. The van der Waals surface area contributed by atoms with E-state index in [-0.39, 0.29) is 0 Å². The number of anilines is 1. The van der Waals surface area contributed by atoms with Gasteiger partial charge in [-0.1, -0.05) is 19.1 Å². The van der Waals surface area contributed by atoms with Crippen molar-refractivity contribution in [2.24, 2.45) is 0 Å². The lowest BCUT2D eigenvalue weighted by Gasteiger charge is -2.29. The number of rotatable bonds is 7. The first-order chi connectivity index (χ1) is 9.83. The lowest BCUT2D eigenvalue weighted by atomic mass is 10.1. The Morgan fingerprint density at radius 2 is 1.85 bits per heavy atom. The summed E-state index contributed by atoms with van der Waals surface area (Å²) in [6.45, 7) is 6.31. The lowest BCUT2D eigenvalue weighted by molar-refractivity contribution is 0.164. The minimum Gasteiger partial charge on any atom is -0.383 e. The van der Waals surface area contributed by atoms with Crippen molar-refractivity contribution in [3.8, 4) is 0 Å². The molecule has 1 aliphatic rings. The maximum atomic E-state index is 5.21. The summed E-state index contributed by atoms with van der Waals surface area (Å²) in [6.07, 6.45) is 5.15. The second kappa shape index (κ2) is 8.28. The molecule has 1 atom stereocenters. The third-order valence-electron chi connectivity index (χ3n) is 4.11. The number of piperidine rings is 1. The Hall–Kier alpha value is -1.06. The molecule has 112 valence electrons. The molecule has 1 aliphatic heterocycles. The Balaban J connectivity index is 1.84. The number of benzene rings is 1. The van der Waals surface area contributed by atoms with Crippen molar-refractivity contribution in [2.45, 2.75) is 45.2 Å². The van der Waals surface area contributed by atoms with Crippen molar-refractivity contribution < 1.29 is 4.74 Å². The van der Waals surface area contributed by atoms with Gasteiger partial charge in [0.2, 0.25) is 0 Å². The second-order valence-corrected chi connectivity index (χ2v) is 5.66. The van der Waals surface area contributed by atoms with Gasteiger partial charge in [-0.25, -0.2) is 0 Å². The van der Waals surface area contributed by atoms with Crippen molar-refractivity contribution >= 4 is 5.69 Å². The summed E-state index contributed by atoms with van der Waals surface area (Å²) in [4.78, 5) is 2.50. The van der Waals surface area contributed by atoms with Crippen molar-refractivity contribution in [2.75, 3.05) is 31.7 Å². The number of nitrogens with zero attached hydrogens (tertiary/aromatic N) is 1. The molecule has 0 bridgehead atoms. The molecule has 2 rings (SSSR count). The van der Waals surface area contributed by atoms with Crippen LogP contribution in [-0.4, -0.2) is 32.8 Å². The monoisotopic (exact) mass is 276 g/mol. The molecule has 1 saturated heterocycles. The van der Waals surface area contributed by atoms with E-state index in [0.717, 1.165) is 19.6 Å². The summed E-state index contributed by atoms with van der Waals surface area (Å²) in [5.74, 6) is 0. The third kappa shape index (κ3) is 4.50. The van der Waals surface area contributed by atoms with Crippen molar-refractivity contribution in [3.05, 3.63) is 29.8 Å². The van der Waals surface area contributed by atoms with Crippen LogP contribution < -0.4 is 10.2 Å². The van der Waals surface area contributed by atoms with E-state index in [0.29, 0.717) is 6.04 Å². The predicted molar refractivity (Wildman–Crippen MR) is 85.3 cm³/mol. The van der Waals surface area contributed by atoms with Crippen LogP contribution in [0, 0.1) is 0 Å². The summed E-state index contributed by atoms with van der Waals surface area (Å²) in [5, 5.41) is 3.55. The number of nitrogens with one attached hydrogen (secondary N) is 1. The van der Waals surface area contributed by atoms with Gasteiger partial charge < -0.3 is 15.0 Å². The van der Waals surface area contributed by atoms with E-state index in [1.807, 2.05) is 0 Å². The zero-order valence-electron chi connectivity index (χ0n) is 12.9. The number of hydrogen-bond donors (Lipinski definition) is 1. The molecule has 3 heteroatoms. The van der Waals surface area contributed by atoms with Crippen LogP contribution in [0.2, 0.25) is 0 Å². The van der Waals surface area contributed by atoms with Crippen LogP contribution in [0.5, 0.6) is 0 Å². The van der Waals surface area contributed by atoms with E-state index in [2.05, 4.69) is 41.4 Å². The molecule has 1 N–H and O–H groups in total. The van der Waals surface area contributed by atoms with Crippen LogP contribution in [0.1, 0.15) is 38.2 Å². The Morgan fingerprint density at radius 1 is 1.15 bits per heavy atom. The second-order valence-electron chi connectivity index (χ2n) is 5.66. The highest BCUT2D eigenvalue weighted by Crippen LogP contribution is 2.20. The highest BCUT2D eigenvalue weighted by atomic mass is 16.5. The molecule has 0 amide bonds. The van der Waals surface area contributed by atoms with Crippen LogP contribution in [0.3, 0.4) is 0 Å². The minimum atomic E-state index is 0.446. The Labute approximate surface area is 123 Å². The van der Waals surface area contributed by atoms with E-state index >= 15 is 0 Å². The van der Waals surface area contributed by atoms with Gasteiger partial charge in [-0.15, -0.1) is 0 Å². The molecule has 1 fully saturated rings. The molecule has 1 unspecified atom stereocenters. The predicted octanol–water partition coefficient (Wildman–Crippen LogP) is 3.19. The number of ether oxygens (including phenoxy) is 1. The third-order valence-corrected chi connectivity index (χ3v) is 4.11. The van der Waals surface area contributed by atoms with Gasteiger partial charge in [-0.05, 0) is 43.4 Å². The molecule has 3 nitrogen and oxygen atoms in total. The minimum absolute atomic E-state index is 0.446. The highest BCUT2D eigenvalue weighted by molar-refractivity contribution is 5.47. The Bertz CT molecular complexity index is 371. The number of methoxy groups -OCH3 is 1. The van der Waals surface area contributed by atoms with Crippen molar-refractivity contribution in [3.63, 3.8) is 0 Å². The molecule has 0 aliphatic carbocycles. The summed E-state index contributed by atoms with van der Waals surface area (Å²) >= 11 is 0. The summed E-state index contributed by atoms with van der Waals surface area (Å²) in [5.41, 5.74) is 2.72. The van der Waals surface area contributed by atoms with Crippen molar-refractivity contribution in [1.29, 1.82) is 0 Å². The maximum absolute atomic E-state index is 5.21. The standard InChI is InChI=1S/C17H28N2O/c1-3-16(14-20-2)18-13-15-7-9-17(10-8-15)19-11-5-4-6-12-19/h7-10,16,18H,3-6,11-14H2,1-2H3. The molecule has 0 spiro atoms. The summed E-state index contributed by atoms with van der Waals surface area (Å²) < 4.78 is 5.21. The fourth-order valence-electron chi connectivity index (χ4n) is 2.76. The average molecular weight is 276 g/mol. The van der Waals surface area contributed by atoms with Crippen LogP contribution in [0.4, 0.5) is 5.69 Å². The lowest BCUT2D eigenvalue weighted by Crippen LogP contribution is -2.32. The molecule has 1 heterocycles. The van der Waals surface area contributed by atoms with E-state index in [1.165, 1.54) is 43.6 Å². The van der Waals surface area contributed by atoms with Crippen LogP contribution >= 0.6 is 0 Å². The molecular formula is C17H28N2O. The van der Waals surface area contributed by atoms with Crippen LogP contribution in [0.15, 0.2) is 24.3 Å². The first kappa shape index (κ1) is 15.3. The summed E-state index contributed by atoms with van der Waals surface area (Å²) in [6, 6.07) is 9.47. The quantitative estimate of drug-likeness (QED) is 0.828. The summed E-state index contributed by atoms with van der Waals surface area (Å²) in [7, 11) is 1.76. The molecule has 0 saturated carbocycles. The SMILES string of the molecule is CCC(COC)NCc1ccc(N2CCCCC2)cc1. The Kier molecular flexibility index (Phi) is 6.34. The van der Waals surface area contributed by atoms with Gasteiger partial charge >= 0.3 is 0 Å². The van der Waals surface area contributed by atoms with Gasteiger partial charge in [0.25, 0.3) is 0 Å². The van der Waals surface area contributed by atoms with Gasteiger partial charge in [-0.3, -0.25) is 0 Å². The maximum Gasteiger partial charge on any atom is 0.0615 e. The zero-order valence-corrected chi connectivity index (χ0v) is 12.9. The topological polar surface area (TPSA) is 24.5 Å². The van der Waals surface area contributed by atoms with E-state index < -0.39 is 0 Å². The molecule has 20 heavy (non-hydrogen) atoms. The van der Waals surface area contributed by atoms with E-state index in [1.54, 1.807) is 7.11 Å². The normalized spacial score (nSPS) is 17.2. The van der Waals surface area contributed by atoms with Crippen LogP contribution in [-0.2, 0) is 11.3 Å². The molecule has 1 aromatic rings. The average Bonchev–Trinajstić information content (AvgIpc) is 2.53. The van der Waals surface area contributed by atoms with Gasteiger partial charge in [-0.2, -0.15) is 0 Å². The van der Waals surface area contributed by atoms with Gasteiger partial charge in [0.05, 0.1) is 6.61 Å².